The molecule has 1 rings (SSSR count). The summed E-state index contributed by atoms with van der Waals surface area (Å²) < 4.78 is 0. The fraction of sp³-hybridized carbons (Fsp3) is 0.846. The molecule has 2 amide bonds. The smallest absolute Gasteiger partial charge is 0.326 e. The summed E-state index contributed by atoms with van der Waals surface area (Å²) in [7, 11) is 0. The van der Waals surface area contributed by atoms with E-state index < -0.39 is 12.0 Å². The molecule has 0 aromatic heterocycles. The summed E-state index contributed by atoms with van der Waals surface area (Å²) in [5.74, 6) is 0.172. The third-order valence-electron chi connectivity index (χ3n) is 3.76. The molecule has 3 unspecified atom stereocenters. The van der Waals surface area contributed by atoms with E-state index in [-0.39, 0.29) is 12.1 Å². The summed E-state index contributed by atoms with van der Waals surface area (Å²) in [5, 5.41) is 14.3. The van der Waals surface area contributed by atoms with E-state index in [1.54, 1.807) is 6.92 Å². The first-order valence-corrected chi connectivity index (χ1v) is 6.73. The summed E-state index contributed by atoms with van der Waals surface area (Å²) in [6.07, 6.45) is 3.59. The van der Waals surface area contributed by atoms with Crippen LogP contribution in [0.3, 0.4) is 0 Å². The van der Waals surface area contributed by atoms with Crippen molar-refractivity contribution in [2.24, 2.45) is 11.8 Å². The predicted octanol–water partition coefficient (Wildman–Crippen LogP) is 1.97. The van der Waals surface area contributed by atoms with Gasteiger partial charge in [-0.3, -0.25) is 0 Å². The molecule has 1 saturated carbocycles. The quantitative estimate of drug-likeness (QED) is 0.719. The van der Waals surface area contributed by atoms with Crippen LogP contribution in [-0.4, -0.2) is 29.2 Å². The minimum atomic E-state index is -0.988. The number of hydrogen-bond donors (Lipinski definition) is 3. The number of carboxylic acids is 1. The van der Waals surface area contributed by atoms with Gasteiger partial charge in [0.1, 0.15) is 6.04 Å². The highest BCUT2D eigenvalue weighted by Gasteiger charge is 2.27. The van der Waals surface area contributed by atoms with Crippen LogP contribution in [-0.2, 0) is 4.79 Å². The summed E-state index contributed by atoms with van der Waals surface area (Å²) in [4.78, 5) is 22.5. The topological polar surface area (TPSA) is 78.4 Å². The van der Waals surface area contributed by atoms with E-state index in [0.717, 1.165) is 19.3 Å². The molecule has 0 spiro atoms. The van der Waals surface area contributed by atoms with E-state index in [4.69, 9.17) is 5.11 Å². The van der Waals surface area contributed by atoms with Crippen molar-refractivity contribution in [3.8, 4) is 0 Å². The second kappa shape index (κ2) is 6.61. The number of carbonyl (C=O) groups is 2. The van der Waals surface area contributed by atoms with Gasteiger partial charge in [-0.1, -0.05) is 20.8 Å². The van der Waals surface area contributed by atoms with Crippen LogP contribution in [0, 0.1) is 11.8 Å². The lowest BCUT2D eigenvalue weighted by Gasteiger charge is -2.33. The van der Waals surface area contributed by atoms with E-state index in [0.29, 0.717) is 18.3 Å². The predicted molar refractivity (Wildman–Crippen MR) is 69.3 cm³/mol. The monoisotopic (exact) mass is 256 g/mol. The standard InChI is InChI=1S/C13H24N2O3/c1-4-10(12(16)17)14-13(18)15-11-6-5-8(2)7-9(11)3/h8-11H,4-7H2,1-3H3,(H,16,17)(H2,14,15,18)/t8?,9?,10-,11?/m0/s1. The van der Waals surface area contributed by atoms with Crippen molar-refractivity contribution in [3.63, 3.8) is 0 Å². The van der Waals surface area contributed by atoms with Gasteiger partial charge < -0.3 is 15.7 Å². The first-order chi connectivity index (χ1) is 8.43. The van der Waals surface area contributed by atoms with E-state index in [2.05, 4.69) is 24.5 Å². The van der Waals surface area contributed by atoms with Gasteiger partial charge in [0.25, 0.3) is 0 Å². The maximum absolute atomic E-state index is 11.7. The van der Waals surface area contributed by atoms with Crippen molar-refractivity contribution in [1.82, 2.24) is 10.6 Å². The number of hydrogen-bond acceptors (Lipinski definition) is 2. The molecule has 0 radical (unpaired) electrons. The van der Waals surface area contributed by atoms with Crippen molar-refractivity contribution in [2.45, 2.75) is 58.5 Å². The summed E-state index contributed by atoms with van der Waals surface area (Å²) in [6.45, 7) is 6.10. The van der Waals surface area contributed by atoms with Gasteiger partial charge in [-0.2, -0.15) is 0 Å². The molecule has 5 nitrogen and oxygen atoms in total. The largest absolute Gasteiger partial charge is 0.480 e. The normalized spacial score (nSPS) is 29.4. The summed E-state index contributed by atoms with van der Waals surface area (Å²) in [5.41, 5.74) is 0. The highest BCUT2D eigenvalue weighted by molar-refractivity contribution is 5.82. The Hall–Kier alpha value is -1.26. The molecular formula is C13H24N2O3. The Kier molecular flexibility index (Phi) is 5.44. The van der Waals surface area contributed by atoms with E-state index in [1.807, 2.05) is 0 Å². The van der Waals surface area contributed by atoms with Crippen molar-refractivity contribution in [1.29, 1.82) is 0 Å². The first kappa shape index (κ1) is 14.8. The molecular weight excluding hydrogens is 232 g/mol. The molecule has 1 aliphatic rings. The third-order valence-corrected chi connectivity index (χ3v) is 3.76. The molecule has 18 heavy (non-hydrogen) atoms. The molecule has 0 aromatic carbocycles. The van der Waals surface area contributed by atoms with Gasteiger partial charge in [0.2, 0.25) is 0 Å². The Bertz CT molecular complexity index is 307. The van der Waals surface area contributed by atoms with Gasteiger partial charge >= 0.3 is 12.0 Å². The Morgan fingerprint density at radius 2 is 2.00 bits per heavy atom. The molecule has 0 aromatic rings. The number of aliphatic carboxylic acids is 1. The molecule has 3 N–H and O–H groups in total. The van der Waals surface area contributed by atoms with Crippen molar-refractivity contribution in [2.75, 3.05) is 0 Å². The van der Waals surface area contributed by atoms with Crippen LogP contribution in [0.1, 0.15) is 46.5 Å². The van der Waals surface area contributed by atoms with Crippen molar-refractivity contribution < 1.29 is 14.7 Å². The number of carboxylic acid groups (broad SMARTS) is 1. The van der Waals surface area contributed by atoms with Crippen molar-refractivity contribution in [3.05, 3.63) is 0 Å². The number of amides is 2. The zero-order valence-electron chi connectivity index (χ0n) is 11.4. The first-order valence-electron chi connectivity index (χ1n) is 6.73. The average Bonchev–Trinajstić information content (AvgIpc) is 2.29. The van der Waals surface area contributed by atoms with Gasteiger partial charge in [-0.15, -0.1) is 0 Å². The Labute approximate surface area is 108 Å². The molecule has 1 aliphatic carbocycles. The molecule has 0 aliphatic heterocycles. The van der Waals surface area contributed by atoms with Crippen LogP contribution >= 0.6 is 0 Å². The van der Waals surface area contributed by atoms with E-state index in [1.165, 1.54) is 0 Å². The van der Waals surface area contributed by atoms with Gasteiger partial charge in [0.15, 0.2) is 0 Å². The van der Waals surface area contributed by atoms with Gasteiger partial charge in [0, 0.05) is 6.04 Å². The molecule has 4 atom stereocenters. The highest BCUT2D eigenvalue weighted by Crippen LogP contribution is 2.28. The minimum Gasteiger partial charge on any atom is -0.480 e. The number of urea groups is 1. The second-order valence-corrected chi connectivity index (χ2v) is 5.42. The molecule has 1 fully saturated rings. The van der Waals surface area contributed by atoms with Gasteiger partial charge in [-0.05, 0) is 37.5 Å². The van der Waals surface area contributed by atoms with Crippen LogP contribution in [0.4, 0.5) is 4.79 Å². The lowest BCUT2D eigenvalue weighted by atomic mass is 9.80. The second-order valence-electron chi connectivity index (χ2n) is 5.42. The van der Waals surface area contributed by atoms with Gasteiger partial charge in [0.05, 0.1) is 0 Å². The Morgan fingerprint density at radius 1 is 1.33 bits per heavy atom. The fourth-order valence-corrected chi connectivity index (χ4v) is 2.59. The Balaban J connectivity index is 2.42. The zero-order valence-corrected chi connectivity index (χ0v) is 11.4. The van der Waals surface area contributed by atoms with Crippen molar-refractivity contribution >= 4 is 12.0 Å². The molecule has 0 bridgehead atoms. The SMILES string of the molecule is CC[C@H](NC(=O)NC1CCC(C)CC1C)C(=O)O. The average molecular weight is 256 g/mol. The lowest BCUT2D eigenvalue weighted by Crippen LogP contribution is -2.51. The van der Waals surface area contributed by atoms with Gasteiger partial charge in [-0.25, -0.2) is 9.59 Å². The number of carbonyl (C=O) groups excluding carboxylic acids is 1. The molecule has 0 heterocycles. The van der Waals surface area contributed by atoms with Crippen LogP contribution < -0.4 is 10.6 Å². The van der Waals surface area contributed by atoms with Crippen LogP contribution in [0.2, 0.25) is 0 Å². The van der Waals surface area contributed by atoms with Crippen LogP contribution in [0.25, 0.3) is 0 Å². The maximum Gasteiger partial charge on any atom is 0.326 e. The lowest BCUT2D eigenvalue weighted by molar-refractivity contribution is -0.139. The minimum absolute atomic E-state index is 0.160. The summed E-state index contributed by atoms with van der Waals surface area (Å²) in [6, 6.07) is -1.01. The molecule has 0 saturated heterocycles. The number of nitrogens with one attached hydrogen (secondary N) is 2. The third kappa shape index (κ3) is 4.20. The molecule has 5 heteroatoms. The molecule has 104 valence electrons. The van der Waals surface area contributed by atoms with E-state index in [9.17, 15) is 9.59 Å². The maximum atomic E-state index is 11.7. The van der Waals surface area contributed by atoms with Crippen LogP contribution in [0.15, 0.2) is 0 Å². The summed E-state index contributed by atoms with van der Waals surface area (Å²) >= 11 is 0. The Morgan fingerprint density at radius 3 is 2.50 bits per heavy atom. The zero-order chi connectivity index (χ0) is 13.7. The van der Waals surface area contributed by atoms with E-state index >= 15 is 0 Å². The van der Waals surface area contributed by atoms with Crippen LogP contribution in [0.5, 0.6) is 0 Å². The highest BCUT2D eigenvalue weighted by atomic mass is 16.4. The fourth-order valence-electron chi connectivity index (χ4n) is 2.59. The number of rotatable bonds is 4.